The fourth-order valence-corrected chi connectivity index (χ4v) is 4.79. The van der Waals surface area contributed by atoms with E-state index in [1.165, 1.54) is 64.6 Å². The van der Waals surface area contributed by atoms with Crippen molar-refractivity contribution >= 4 is 0 Å². The normalized spacial score (nSPS) is 36.2. The van der Waals surface area contributed by atoms with Crippen LogP contribution in [-0.2, 0) is 0 Å². The summed E-state index contributed by atoms with van der Waals surface area (Å²) < 4.78 is 0. The molecular weight excluding hydrogens is 220 g/mol. The predicted octanol–water partition coefficient (Wildman–Crippen LogP) is 3.12. The van der Waals surface area contributed by atoms with Gasteiger partial charge in [-0.2, -0.15) is 0 Å². The van der Waals surface area contributed by atoms with E-state index in [-0.39, 0.29) is 0 Å². The number of piperazine rings is 1. The summed E-state index contributed by atoms with van der Waals surface area (Å²) in [5.74, 6) is 0.993. The second-order valence-corrected chi connectivity index (χ2v) is 6.97. The molecule has 1 aliphatic carbocycles. The van der Waals surface area contributed by atoms with Crippen LogP contribution in [0.2, 0.25) is 0 Å². The average molecular weight is 250 g/mol. The van der Waals surface area contributed by atoms with E-state index in [4.69, 9.17) is 0 Å². The maximum Gasteiger partial charge on any atom is 0.0283 e. The Hall–Kier alpha value is -0.0800. The number of hydrogen-bond acceptors (Lipinski definition) is 2. The largest absolute Gasteiger partial charge is 0.298 e. The van der Waals surface area contributed by atoms with E-state index in [9.17, 15) is 0 Å². The van der Waals surface area contributed by atoms with Crippen LogP contribution in [0, 0.1) is 5.92 Å². The molecule has 2 nitrogen and oxygen atoms in total. The van der Waals surface area contributed by atoms with Crippen molar-refractivity contribution in [1.82, 2.24) is 9.80 Å². The zero-order chi connectivity index (χ0) is 12.5. The molecule has 0 unspecified atom stereocenters. The summed E-state index contributed by atoms with van der Waals surface area (Å²) in [5.41, 5.74) is 0. The van der Waals surface area contributed by atoms with Crippen molar-refractivity contribution in [2.45, 2.75) is 76.9 Å². The third-order valence-corrected chi connectivity index (χ3v) is 5.63. The van der Waals surface area contributed by atoms with Gasteiger partial charge in [0.2, 0.25) is 0 Å². The maximum absolute atomic E-state index is 2.85. The third-order valence-electron chi connectivity index (χ3n) is 5.63. The van der Waals surface area contributed by atoms with Crippen LogP contribution in [0.3, 0.4) is 0 Å². The molecule has 3 rings (SSSR count). The Morgan fingerprint density at radius 2 is 1.61 bits per heavy atom. The summed E-state index contributed by atoms with van der Waals surface area (Å²) in [7, 11) is 0. The Bertz CT molecular complexity index is 268. The second-order valence-electron chi connectivity index (χ2n) is 6.97. The topological polar surface area (TPSA) is 6.48 Å². The number of fused-ring (bicyclic) bond motifs is 1. The van der Waals surface area contributed by atoms with E-state index in [2.05, 4.69) is 23.6 Å². The van der Waals surface area contributed by atoms with Gasteiger partial charge in [-0.1, -0.05) is 19.3 Å². The van der Waals surface area contributed by atoms with E-state index in [1.807, 2.05) is 0 Å². The SMILES string of the molecule is CC(C)N1CCN2CCC[C@H]2[C@@H]1C1CCCCC1. The van der Waals surface area contributed by atoms with Gasteiger partial charge in [0, 0.05) is 31.2 Å². The highest BCUT2D eigenvalue weighted by atomic mass is 15.3. The Morgan fingerprint density at radius 3 is 2.33 bits per heavy atom. The highest BCUT2D eigenvalue weighted by molar-refractivity contribution is 4.99. The van der Waals surface area contributed by atoms with Gasteiger partial charge in [-0.05, 0) is 52.0 Å². The second kappa shape index (κ2) is 5.50. The lowest BCUT2D eigenvalue weighted by Gasteiger charge is -2.50. The van der Waals surface area contributed by atoms with Gasteiger partial charge in [0.25, 0.3) is 0 Å². The molecule has 0 aromatic carbocycles. The summed E-state index contributed by atoms with van der Waals surface area (Å²) in [6.07, 6.45) is 10.4. The van der Waals surface area contributed by atoms with Crippen molar-refractivity contribution in [3.63, 3.8) is 0 Å². The van der Waals surface area contributed by atoms with E-state index in [0.29, 0.717) is 0 Å². The molecule has 3 aliphatic rings. The highest BCUT2D eigenvalue weighted by Gasteiger charge is 2.43. The molecule has 2 aliphatic heterocycles. The van der Waals surface area contributed by atoms with Gasteiger partial charge in [-0.25, -0.2) is 0 Å². The number of hydrogen-bond donors (Lipinski definition) is 0. The molecule has 2 atom stereocenters. The van der Waals surface area contributed by atoms with Gasteiger partial charge in [-0.15, -0.1) is 0 Å². The van der Waals surface area contributed by atoms with Crippen LogP contribution >= 0.6 is 0 Å². The first-order valence-electron chi connectivity index (χ1n) is 8.27. The van der Waals surface area contributed by atoms with Crippen molar-refractivity contribution in [2.75, 3.05) is 19.6 Å². The van der Waals surface area contributed by atoms with Gasteiger partial charge in [0.15, 0.2) is 0 Å². The molecule has 0 spiro atoms. The van der Waals surface area contributed by atoms with Gasteiger partial charge >= 0.3 is 0 Å². The number of nitrogens with zero attached hydrogens (tertiary/aromatic N) is 2. The molecule has 2 heteroatoms. The fraction of sp³-hybridized carbons (Fsp3) is 1.00. The van der Waals surface area contributed by atoms with Gasteiger partial charge in [0.1, 0.15) is 0 Å². The van der Waals surface area contributed by atoms with E-state index < -0.39 is 0 Å². The first-order valence-corrected chi connectivity index (χ1v) is 8.27. The lowest BCUT2D eigenvalue weighted by Crippen LogP contribution is -2.61. The third kappa shape index (κ3) is 2.34. The van der Waals surface area contributed by atoms with Crippen molar-refractivity contribution in [3.8, 4) is 0 Å². The molecule has 3 fully saturated rings. The van der Waals surface area contributed by atoms with Gasteiger partial charge in [0.05, 0.1) is 0 Å². The first kappa shape index (κ1) is 12.9. The van der Waals surface area contributed by atoms with Crippen LogP contribution < -0.4 is 0 Å². The first-order chi connectivity index (χ1) is 8.77. The Balaban J connectivity index is 1.78. The van der Waals surface area contributed by atoms with Crippen LogP contribution in [-0.4, -0.2) is 47.6 Å². The highest BCUT2D eigenvalue weighted by Crippen LogP contribution is 2.38. The number of rotatable bonds is 2. The van der Waals surface area contributed by atoms with Crippen LogP contribution in [0.15, 0.2) is 0 Å². The molecule has 2 heterocycles. The minimum Gasteiger partial charge on any atom is -0.298 e. The molecule has 0 radical (unpaired) electrons. The minimum absolute atomic E-state index is 0.736. The molecule has 18 heavy (non-hydrogen) atoms. The van der Waals surface area contributed by atoms with Crippen LogP contribution in [0.5, 0.6) is 0 Å². The Labute approximate surface area is 113 Å². The molecule has 0 aromatic rings. The Kier molecular flexibility index (Phi) is 3.95. The van der Waals surface area contributed by atoms with Gasteiger partial charge in [-0.3, -0.25) is 9.80 Å². The van der Waals surface area contributed by atoms with Crippen molar-refractivity contribution in [3.05, 3.63) is 0 Å². The molecule has 2 saturated heterocycles. The van der Waals surface area contributed by atoms with Crippen LogP contribution in [0.4, 0.5) is 0 Å². The average Bonchev–Trinajstić information content (AvgIpc) is 2.86. The quantitative estimate of drug-likeness (QED) is 0.743. The Morgan fingerprint density at radius 1 is 0.833 bits per heavy atom. The summed E-state index contributed by atoms with van der Waals surface area (Å²) in [6.45, 7) is 8.82. The van der Waals surface area contributed by atoms with E-state index in [1.54, 1.807) is 0 Å². The molecule has 0 aromatic heterocycles. The predicted molar refractivity (Wildman–Crippen MR) is 76.8 cm³/mol. The maximum atomic E-state index is 2.85. The summed E-state index contributed by atoms with van der Waals surface area (Å²) >= 11 is 0. The molecular formula is C16H30N2. The van der Waals surface area contributed by atoms with E-state index >= 15 is 0 Å². The molecule has 0 amide bonds. The molecule has 0 N–H and O–H groups in total. The molecule has 104 valence electrons. The van der Waals surface area contributed by atoms with Crippen molar-refractivity contribution in [2.24, 2.45) is 5.92 Å². The minimum atomic E-state index is 0.736. The van der Waals surface area contributed by atoms with Crippen LogP contribution in [0.1, 0.15) is 58.8 Å². The standard InChI is InChI=1S/C16H30N2/c1-13(2)18-12-11-17-10-6-9-15(17)16(18)14-7-4-3-5-8-14/h13-16H,3-12H2,1-2H3/t15-,16-/m0/s1. The smallest absolute Gasteiger partial charge is 0.0283 e. The summed E-state index contributed by atoms with van der Waals surface area (Å²) in [4.78, 5) is 5.65. The van der Waals surface area contributed by atoms with E-state index in [0.717, 1.165) is 24.0 Å². The summed E-state index contributed by atoms with van der Waals surface area (Å²) in [6, 6.07) is 2.51. The molecule has 1 saturated carbocycles. The monoisotopic (exact) mass is 250 g/mol. The van der Waals surface area contributed by atoms with Crippen LogP contribution in [0.25, 0.3) is 0 Å². The zero-order valence-corrected chi connectivity index (χ0v) is 12.3. The zero-order valence-electron chi connectivity index (χ0n) is 12.3. The van der Waals surface area contributed by atoms with Gasteiger partial charge < -0.3 is 0 Å². The lowest BCUT2D eigenvalue weighted by atomic mass is 9.78. The lowest BCUT2D eigenvalue weighted by molar-refractivity contribution is -0.0162. The fourth-order valence-electron chi connectivity index (χ4n) is 4.79. The van der Waals surface area contributed by atoms with Crippen molar-refractivity contribution < 1.29 is 0 Å². The molecule has 0 bridgehead atoms. The van der Waals surface area contributed by atoms with Crippen molar-refractivity contribution in [1.29, 1.82) is 0 Å². The summed E-state index contributed by atoms with van der Waals surface area (Å²) in [5, 5.41) is 0.